The second kappa shape index (κ2) is 7.25. The zero-order valence-corrected chi connectivity index (χ0v) is 13.3. The molecule has 0 aromatic heterocycles. The van der Waals surface area contributed by atoms with E-state index < -0.39 is 5.91 Å². The fraction of sp³-hybridized carbons (Fsp3) is 0.412. The molecule has 1 saturated carbocycles. The highest BCUT2D eigenvalue weighted by Crippen LogP contribution is 2.20. The average Bonchev–Trinajstić information content (AvgIpc) is 3.09. The first-order valence-corrected chi connectivity index (χ1v) is 8.20. The summed E-state index contributed by atoms with van der Waals surface area (Å²) in [5.41, 5.74) is 3.41. The number of para-hydroxylation sites is 1. The standard InChI is InChI=1S/C17H20N4O3/c22-15-10-9-14(20-21-15)17(24)19-13-8-4-3-7-12(13)16(23)18-11-5-1-2-6-11/h3-4,7-8,11H,1-2,5-6,9-10H2,(H,18,23)(H,19,24)(H,21,22). The first-order chi connectivity index (χ1) is 11.6. The molecule has 3 rings (SSSR count). The van der Waals surface area contributed by atoms with Crippen LogP contribution in [0, 0.1) is 0 Å². The Hall–Kier alpha value is -2.70. The van der Waals surface area contributed by atoms with Crippen LogP contribution in [0.2, 0.25) is 0 Å². The molecule has 1 aliphatic carbocycles. The minimum absolute atomic E-state index is 0.184. The van der Waals surface area contributed by atoms with Gasteiger partial charge in [0.1, 0.15) is 5.71 Å². The summed E-state index contributed by atoms with van der Waals surface area (Å²) in [4.78, 5) is 35.8. The topological polar surface area (TPSA) is 99.7 Å². The van der Waals surface area contributed by atoms with E-state index in [1.165, 1.54) is 0 Å². The highest BCUT2D eigenvalue weighted by atomic mass is 16.2. The van der Waals surface area contributed by atoms with E-state index in [1.807, 2.05) is 0 Å². The van der Waals surface area contributed by atoms with Crippen molar-refractivity contribution in [1.82, 2.24) is 10.7 Å². The van der Waals surface area contributed by atoms with Crippen molar-refractivity contribution in [1.29, 1.82) is 0 Å². The monoisotopic (exact) mass is 328 g/mol. The van der Waals surface area contributed by atoms with E-state index in [-0.39, 0.29) is 36.4 Å². The lowest BCUT2D eigenvalue weighted by atomic mass is 10.1. The van der Waals surface area contributed by atoms with Crippen LogP contribution < -0.4 is 16.1 Å². The van der Waals surface area contributed by atoms with Crippen molar-refractivity contribution in [2.45, 2.75) is 44.6 Å². The minimum atomic E-state index is -0.406. The van der Waals surface area contributed by atoms with Gasteiger partial charge in [-0.05, 0) is 25.0 Å². The summed E-state index contributed by atoms with van der Waals surface area (Å²) < 4.78 is 0. The third-order valence-corrected chi connectivity index (χ3v) is 4.28. The maximum absolute atomic E-state index is 12.5. The number of carbonyl (C=O) groups excluding carboxylic acids is 3. The number of hydrazone groups is 1. The minimum Gasteiger partial charge on any atom is -0.349 e. The van der Waals surface area contributed by atoms with Crippen LogP contribution in [0.5, 0.6) is 0 Å². The molecule has 0 unspecified atom stereocenters. The van der Waals surface area contributed by atoms with Gasteiger partial charge in [0.25, 0.3) is 11.8 Å². The third-order valence-electron chi connectivity index (χ3n) is 4.28. The van der Waals surface area contributed by atoms with Gasteiger partial charge in [0.15, 0.2) is 0 Å². The maximum Gasteiger partial charge on any atom is 0.271 e. The van der Waals surface area contributed by atoms with Crippen molar-refractivity contribution in [2.75, 3.05) is 5.32 Å². The number of benzene rings is 1. The summed E-state index contributed by atoms with van der Waals surface area (Å²) in [6.07, 6.45) is 4.78. The van der Waals surface area contributed by atoms with E-state index in [1.54, 1.807) is 24.3 Å². The Balaban J connectivity index is 1.70. The summed E-state index contributed by atoms with van der Waals surface area (Å²) in [5, 5.41) is 9.50. The fourth-order valence-corrected chi connectivity index (χ4v) is 2.96. The summed E-state index contributed by atoms with van der Waals surface area (Å²) in [5.74, 6) is -0.796. The number of hydrogen-bond acceptors (Lipinski definition) is 4. The molecule has 1 aromatic rings. The number of carbonyl (C=O) groups is 3. The van der Waals surface area contributed by atoms with Crippen molar-refractivity contribution in [3.63, 3.8) is 0 Å². The van der Waals surface area contributed by atoms with Crippen LogP contribution in [-0.2, 0) is 9.59 Å². The second-order valence-electron chi connectivity index (χ2n) is 6.05. The lowest BCUT2D eigenvalue weighted by Gasteiger charge is -2.16. The molecule has 126 valence electrons. The molecule has 0 saturated heterocycles. The summed E-state index contributed by atoms with van der Waals surface area (Å²) in [6, 6.07) is 7.09. The van der Waals surface area contributed by atoms with Crippen molar-refractivity contribution in [3.05, 3.63) is 29.8 Å². The first kappa shape index (κ1) is 16.2. The SMILES string of the molecule is O=C1CCC(C(=O)Nc2ccccc2C(=O)NC2CCCC2)=NN1. The van der Waals surface area contributed by atoms with Crippen molar-refractivity contribution < 1.29 is 14.4 Å². The van der Waals surface area contributed by atoms with Crippen molar-refractivity contribution in [2.24, 2.45) is 5.10 Å². The van der Waals surface area contributed by atoms with Crippen LogP contribution in [0.15, 0.2) is 29.4 Å². The summed E-state index contributed by atoms with van der Waals surface area (Å²) >= 11 is 0. The number of amides is 3. The molecule has 2 aliphatic rings. The van der Waals surface area contributed by atoms with Crippen LogP contribution in [0.1, 0.15) is 48.9 Å². The van der Waals surface area contributed by atoms with Crippen LogP contribution in [-0.4, -0.2) is 29.5 Å². The highest BCUT2D eigenvalue weighted by molar-refractivity contribution is 6.43. The molecule has 24 heavy (non-hydrogen) atoms. The molecule has 3 N–H and O–H groups in total. The first-order valence-electron chi connectivity index (χ1n) is 8.20. The van der Waals surface area contributed by atoms with Gasteiger partial charge >= 0.3 is 0 Å². The van der Waals surface area contributed by atoms with Gasteiger partial charge in [-0.1, -0.05) is 25.0 Å². The number of hydrogen-bond donors (Lipinski definition) is 3. The van der Waals surface area contributed by atoms with E-state index in [4.69, 9.17) is 0 Å². The van der Waals surface area contributed by atoms with Gasteiger partial charge in [0, 0.05) is 18.9 Å². The quantitative estimate of drug-likeness (QED) is 0.782. The number of rotatable bonds is 4. The number of anilines is 1. The van der Waals surface area contributed by atoms with E-state index in [9.17, 15) is 14.4 Å². The Kier molecular flexibility index (Phi) is 4.88. The molecular formula is C17H20N4O3. The zero-order valence-electron chi connectivity index (χ0n) is 13.3. The Morgan fingerprint density at radius 3 is 2.54 bits per heavy atom. The Bertz CT molecular complexity index is 693. The highest BCUT2D eigenvalue weighted by Gasteiger charge is 2.22. The second-order valence-corrected chi connectivity index (χ2v) is 6.05. The average molecular weight is 328 g/mol. The predicted octanol–water partition coefficient (Wildman–Crippen LogP) is 1.56. The Morgan fingerprint density at radius 1 is 1.08 bits per heavy atom. The third kappa shape index (κ3) is 3.79. The van der Waals surface area contributed by atoms with Crippen LogP contribution >= 0.6 is 0 Å². The lowest BCUT2D eigenvalue weighted by Crippen LogP contribution is -2.35. The number of nitrogens with one attached hydrogen (secondary N) is 3. The Labute approximate surface area is 139 Å². The van der Waals surface area contributed by atoms with Crippen molar-refractivity contribution >= 4 is 29.1 Å². The molecule has 1 aromatic carbocycles. The molecule has 0 atom stereocenters. The molecule has 0 spiro atoms. The zero-order chi connectivity index (χ0) is 16.9. The van der Waals surface area contributed by atoms with Gasteiger partial charge in [0.05, 0.1) is 11.3 Å². The van der Waals surface area contributed by atoms with Gasteiger partial charge in [-0.3, -0.25) is 14.4 Å². The van der Waals surface area contributed by atoms with E-state index in [0.717, 1.165) is 25.7 Å². The molecular weight excluding hydrogens is 308 g/mol. The molecule has 0 bridgehead atoms. The van der Waals surface area contributed by atoms with Gasteiger partial charge in [-0.25, -0.2) is 5.43 Å². The lowest BCUT2D eigenvalue weighted by molar-refractivity contribution is -0.121. The van der Waals surface area contributed by atoms with Gasteiger partial charge in [0.2, 0.25) is 5.91 Å². The molecule has 1 heterocycles. The van der Waals surface area contributed by atoms with Gasteiger partial charge < -0.3 is 10.6 Å². The fourth-order valence-electron chi connectivity index (χ4n) is 2.96. The smallest absolute Gasteiger partial charge is 0.271 e. The normalized spacial score (nSPS) is 17.8. The van der Waals surface area contributed by atoms with Gasteiger partial charge in [-0.2, -0.15) is 5.10 Å². The maximum atomic E-state index is 12.5. The molecule has 1 fully saturated rings. The molecule has 7 heteroatoms. The molecule has 0 radical (unpaired) electrons. The van der Waals surface area contributed by atoms with E-state index >= 15 is 0 Å². The van der Waals surface area contributed by atoms with E-state index in [0.29, 0.717) is 11.3 Å². The number of nitrogens with zero attached hydrogens (tertiary/aromatic N) is 1. The van der Waals surface area contributed by atoms with Crippen LogP contribution in [0.4, 0.5) is 5.69 Å². The van der Waals surface area contributed by atoms with Crippen molar-refractivity contribution in [3.8, 4) is 0 Å². The van der Waals surface area contributed by atoms with Crippen LogP contribution in [0.3, 0.4) is 0 Å². The molecule has 1 aliphatic heterocycles. The molecule has 7 nitrogen and oxygen atoms in total. The molecule has 3 amide bonds. The summed E-state index contributed by atoms with van der Waals surface area (Å²) in [7, 11) is 0. The van der Waals surface area contributed by atoms with E-state index in [2.05, 4.69) is 21.2 Å². The Morgan fingerprint density at radius 2 is 1.83 bits per heavy atom. The largest absolute Gasteiger partial charge is 0.349 e. The predicted molar refractivity (Wildman–Crippen MR) is 89.6 cm³/mol. The van der Waals surface area contributed by atoms with Gasteiger partial charge in [-0.15, -0.1) is 0 Å². The van der Waals surface area contributed by atoms with Crippen LogP contribution in [0.25, 0.3) is 0 Å². The summed E-state index contributed by atoms with van der Waals surface area (Å²) in [6.45, 7) is 0.